The first kappa shape index (κ1) is 15.5. The van der Waals surface area contributed by atoms with E-state index in [2.05, 4.69) is 0 Å². The van der Waals surface area contributed by atoms with Crippen LogP contribution in [0.1, 0.15) is 12.5 Å². The van der Waals surface area contributed by atoms with Crippen molar-refractivity contribution in [2.45, 2.75) is 18.6 Å². The summed E-state index contributed by atoms with van der Waals surface area (Å²) >= 11 is 0. The molecule has 0 saturated carbocycles. The third-order valence-corrected chi connectivity index (χ3v) is 4.92. The Morgan fingerprint density at radius 3 is 2.84 bits per heavy atom. The van der Waals surface area contributed by atoms with Crippen molar-refractivity contribution in [2.24, 2.45) is 11.8 Å². The number of rotatable bonds is 3. The predicted molar refractivity (Wildman–Crippen MR) is 84.0 cm³/mol. The summed E-state index contributed by atoms with van der Waals surface area (Å²) in [5.41, 5.74) is -0.597. The van der Waals surface area contributed by atoms with Crippen LogP contribution in [0.25, 0.3) is 0 Å². The molecule has 4 atom stereocenters. The number of anilines is 1. The zero-order valence-corrected chi connectivity index (χ0v) is 13.3. The average molecular weight is 338 g/mol. The van der Waals surface area contributed by atoms with Crippen LogP contribution in [-0.2, 0) is 23.9 Å². The lowest BCUT2D eigenvalue weighted by atomic mass is 9.77. The highest BCUT2D eigenvalue weighted by Crippen LogP contribution is 2.52. The molecule has 126 valence electrons. The highest BCUT2D eigenvalue weighted by atomic mass is 16.6. The largest absolute Gasteiger partial charge is 0.462 e. The number of amides is 2. The van der Waals surface area contributed by atoms with Gasteiger partial charge in [0.15, 0.2) is 0 Å². The van der Waals surface area contributed by atoms with Crippen LogP contribution in [0, 0.1) is 23.2 Å². The van der Waals surface area contributed by atoms with Crippen LogP contribution < -0.4 is 4.90 Å². The second-order valence-corrected chi connectivity index (χ2v) is 6.32. The van der Waals surface area contributed by atoms with E-state index < -0.39 is 41.3 Å². The van der Waals surface area contributed by atoms with E-state index in [4.69, 9.17) is 9.47 Å². The van der Waals surface area contributed by atoms with E-state index >= 15 is 0 Å². The lowest BCUT2D eigenvalue weighted by molar-refractivity contribution is -0.150. The van der Waals surface area contributed by atoms with Crippen LogP contribution in [0.3, 0.4) is 0 Å². The molecule has 2 bridgehead atoms. The third-order valence-electron chi connectivity index (χ3n) is 4.92. The topological polar surface area (TPSA) is 96.7 Å². The van der Waals surface area contributed by atoms with E-state index in [1.165, 1.54) is 6.92 Å². The van der Waals surface area contributed by atoms with Gasteiger partial charge in [0.25, 0.3) is 0 Å². The Morgan fingerprint density at radius 1 is 1.36 bits per heavy atom. The number of hydrogen-bond donors (Lipinski definition) is 0. The van der Waals surface area contributed by atoms with Crippen molar-refractivity contribution < 1.29 is 23.9 Å². The number of carbonyl (C=O) groups excluding carboxylic acids is 3. The standard InChI is InChI=1S/C18H14N2O5/c1-10(21)24-9-18-7-6-13(25-18)14-15(18)17(23)20(16(14)22)12-5-3-2-4-11(12)8-19/h2-7,13-15H,9H2,1H3/t13-,14-,15-,18-/m1/s1. The summed E-state index contributed by atoms with van der Waals surface area (Å²) in [6.45, 7) is 1.15. The Labute approximate surface area is 143 Å². The number of benzene rings is 1. The highest BCUT2D eigenvalue weighted by molar-refractivity contribution is 6.23. The molecule has 3 aliphatic rings. The minimum absolute atomic E-state index is 0.122. The molecule has 0 aliphatic carbocycles. The van der Waals surface area contributed by atoms with Crippen molar-refractivity contribution in [3.05, 3.63) is 42.0 Å². The van der Waals surface area contributed by atoms with Crippen LogP contribution >= 0.6 is 0 Å². The number of esters is 1. The van der Waals surface area contributed by atoms with Gasteiger partial charge in [-0.3, -0.25) is 14.4 Å². The van der Waals surface area contributed by atoms with E-state index in [0.29, 0.717) is 0 Å². The van der Waals surface area contributed by atoms with Gasteiger partial charge in [0.1, 0.15) is 18.3 Å². The summed E-state index contributed by atoms with van der Waals surface area (Å²) < 4.78 is 10.9. The van der Waals surface area contributed by atoms with Crippen molar-refractivity contribution in [2.75, 3.05) is 11.5 Å². The number of fused-ring (bicyclic) bond motifs is 5. The summed E-state index contributed by atoms with van der Waals surface area (Å²) in [6.07, 6.45) is 2.90. The molecule has 1 aromatic carbocycles. The van der Waals surface area contributed by atoms with Crippen molar-refractivity contribution in [1.29, 1.82) is 5.26 Å². The second-order valence-electron chi connectivity index (χ2n) is 6.32. The molecule has 4 rings (SSSR count). The quantitative estimate of drug-likeness (QED) is 0.462. The van der Waals surface area contributed by atoms with E-state index in [0.717, 1.165) is 4.90 Å². The van der Waals surface area contributed by atoms with Gasteiger partial charge in [-0.05, 0) is 18.2 Å². The minimum Gasteiger partial charge on any atom is -0.462 e. The number of hydrogen-bond acceptors (Lipinski definition) is 6. The smallest absolute Gasteiger partial charge is 0.302 e. The molecule has 3 aliphatic heterocycles. The number of para-hydroxylation sites is 1. The lowest BCUT2D eigenvalue weighted by Gasteiger charge is -2.28. The monoisotopic (exact) mass is 338 g/mol. The van der Waals surface area contributed by atoms with Crippen LogP contribution in [0.5, 0.6) is 0 Å². The maximum Gasteiger partial charge on any atom is 0.302 e. The molecular weight excluding hydrogens is 324 g/mol. The number of carbonyl (C=O) groups is 3. The van der Waals surface area contributed by atoms with Crippen LogP contribution in [0.4, 0.5) is 5.69 Å². The Hall–Kier alpha value is -2.98. The van der Waals surface area contributed by atoms with Crippen LogP contribution in [-0.4, -0.2) is 36.1 Å². The summed E-state index contributed by atoms with van der Waals surface area (Å²) in [7, 11) is 0. The van der Waals surface area contributed by atoms with Crippen molar-refractivity contribution in [3.8, 4) is 6.07 Å². The van der Waals surface area contributed by atoms with Gasteiger partial charge in [-0.25, -0.2) is 4.90 Å². The summed E-state index contributed by atoms with van der Waals surface area (Å²) in [5.74, 6) is -2.74. The first-order chi connectivity index (χ1) is 12.0. The van der Waals surface area contributed by atoms with E-state index in [-0.39, 0.29) is 17.9 Å². The molecular formula is C18H14N2O5. The fourth-order valence-corrected chi connectivity index (χ4v) is 3.88. The molecule has 2 amide bonds. The number of nitrogens with zero attached hydrogens (tertiary/aromatic N) is 2. The van der Waals surface area contributed by atoms with Gasteiger partial charge in [0.2, 0.25) is 11.8 Å². The van der Waals surface area contributed by atoms with E-state index in [9.17, 15) is 19.6 Å². The SMILES string of the molecule is CC(=O)OC[C@@]12C=C[C@@H](O1)[C@H]1C(=O)N(c3ccccc3C#N)C(=O)[C@@H]12. The minimum atomic E-state index is -1.12. The molecule has 0 unspecified atom stereocenters. The number of ether oxygens (including phenoxy) is 2. The molecule has 2 saturated heterocycles. The molecule has 0 spiro atoms. The highest BCUT2D eigenvalue weighted by Gasteiger charge is 2.68. The van der Waals surface area contributed by atoms with Crippen LogP contribution in [0.2, 0.25) is 0 Å². The molecule has 2 fully saturated rings. The van der Waals surface area contributed by atoms with Gasteiger partial charge < -0.3 is 9.47 Å². The van der Waals surface area contributed by atoms with Gasteiger partial charge in [-0.2, -0.15) is 5.26 Å². The first-order valence-electron chi connectivity index (χ1n) is 7.86. The van der Waals surface area contributed by atoms with Gasteiger partial charge in [-0.15, -0.1) is 0 Å². The molecule has 1 aromatic rings. The zero-order valence-electron chi connectivity index (χ0n) is 13.3. The van der Waals surface area contributed by atoms with Crippen molar-refractivity contribution >= 4 is 23.5 Å². The number of nitriles is 1. The predicted octanol–water partition coefficient (Wildman–Crippen LogP) is 0.934. The van der Waals surface area contributed by atoms with Gasteiger partial charge in [-0.1, -0.05) is 18.2 Å². The van der Waals surface area contributed by atoms with Crippen LogP contribution in [0.15, 0.2) is 36.4 Å². The van der Waals surface area contributed by atoms with E-state index in [1.807, 2.05) is 6.07 Å². The van der Waals surface area contributed by atoms with Crippen molar-refractivity contribution in [1.82, 2.24) is 0 Å². The average Bonchev–Trinajstić information content (AvgIpc) is 3.24. The first-order valence-corrected chi connectivity index (χ1v) is 7.86. The summed E-state index contributed by atoms with van der Waals surface area (Å²) in [6, 6.07) is 8.48. The summed E-state index contributed by atoms with van der Waals surface area (Å²) in [5, 5.41) is 9.27. The molecule has 7 nitrogen and oxygen atoms in total. The Balaban J connectivity index is 1.73. The molecule has 0 N–H and O–H groups in total. The molecule has 7 heteroatoms. The van der Waals surface area contributed by atoms with E-state index in [1.54, 1.807) is 36.4 Å². The fourth-order valence-electron chi connectivity index (χ4n) is 3.88. The zero-order chi connectivity index (χ0) is 17.8. The Kier molecular flexibility index (Phi) is 3.27. The van der Waals surface area contributed by atoms with Gasteiger partial charge >= 0.3 is 5.97 Å². The second kappa shape index (κ2) is 5.26. The molecule has 0 radical (unpaired) electrons. The van der Waals surface area contributed by atoms with Gasteiger partial charge in [0, 0.05) is 6.92 Å². The Bertz CT molecular complexity index is 870. The molecule has 3 heterocycles. The maximum atomic E-state index is 13.0. The fraction of sp³-hybridized carbons (Fsp3) is 0.333. The molecule has 25 heavy (non-hydrogen) atoms. The lowest BCUT2D eigenvalue weighted by Crippen LogP contribution is -2.44. The van der Waals surface area contributed by atoms with Gasteiger partial charge in [0.05, 0.1) is 29.2 Å². The normalized spacial score (nSPS) is 32.0. The third kappa shape index (κ3) is 2.04. The number of imide groups is 1. The van der Waals surface area contributed by atoms with Crippen molar-refractivity contribution in [3.63, 3.8) is 0 Å². The molecule has 0 aromatic heterocycles. The Morgan fingerprint density at radius 2 is 2.12 bits per heavy atom. The summed E-state index contributed by atoms with van der Waals surface area (Å²) in [4.78, 5) is 38.2. The maximum absolute atomic E-state index is 13.0.